The Hall–Kier alpha value is -3.38. The molecule has 0 aliphatic heterocycles. The van der Waals surface area contributed by atoms with Crippen molar-refractivity contribution in [1.29, 1.82) is 0 Å². The molecule has 0 aliphatic rings. The van der Waals surface area contributed by atoms with E-state index in [1.54, 1.807) is 0 Å². The molecule has 198 valence electrons. The van der Waals surface area contributed by atoms with Crippen LogP contribution >= 0.6 is 0 Å². The topological polar surface area (TPSA) is 0 Å². The SMILES string of the molecule is CC.CCC.CCC.Cc1cccc2ccccc12.Cc1cccc2ccccc12.Cc1ccccc1. The van der Waals surface area contributed by atoms with Crippen LogP contribution in [0.1, 0.15) is 71.1 Å². The van der Waals surface area contributed by atoms with Gasteiger partial charge in [0.05, 0.1) is 0 Å². The molecule has 0 fully saturated rings. The molecule has 0 aromatic heterocycles. The number of hydrogen-bond donors (Lipinski definition) is 0. The van der Waals surface area contributed by atoms with Crippen LogP contribution in [0.25, 0.3) is 21.5 Å². The molecule has 0 radical (unpaired) electrons. The van der Waals surface area contributed by atoms with Gasteiger partial charge in [0, 0.05) is 0 Å². The van der Waals surface area contributed by atoms with Gasteiger partial charge in [0.15, 0.2) is 0 Å². The Morgan fingerprint density at radius 1 is 0.378 bits per heavy atom. The molecule has 0 spiro atoms. The molecule has 0 N–H and O–H groups in total. The average Bonchev–Trinajstić information content (AvgIpc) is 2.93. The van der Waals surface area contributed by atoms with Crippen LogP contribution in [-0.2, 0) is 0 Å². The summed E-state index contributed by atoms with van der Waals surface area (Å²) in [4.78, 5) is 0. The molecule has 5 aromatic carbocycles. The molecule has 0 nitrogen and oxygen atoms in total. The number of benzene rings is 5. The number of fused-ring (bicyclic) bond motifs is 2. The minimum absolute atomic E-state index is 1.25. The normalized spacial score (nSPS) is 8.89. The van der Waals surface area contributed by atoms with E-state index in [0.717, 1.165) is 0 Å². The van der Waals surface area contributed by atoms with E-state index in [1.807, 2.05) is 32.0 Å². The van der Waals surface area contributed by atoms with Crippen molar-refractivity contribution in [3.05, 3.63) is 132 Å². The molecule has 0 unspecified atom stereocenters. The zero-order valence-corrected chi connectivity index (χ0v) is 24.9. The first kappa shape index (κ1) is 33.6. The molecule has 0 aliphatic carbocycles. The lowest BCUT2D eigenvalue weighted by atomic mass is 10.1. The second-order valence-electron chi connectivity index (χ2n) is 8.66. The second-order valence-corrected chi connectivity index (χ2v) is 8.66. The van der Waals surface area contributed by atoms with Gasteiger partial charge in [-0.15, -0.1) is 0 Å². The third-order valence-corrected chi connectivity index (χ3v) is 4.96. The van der Waals surface area contributed by atoms with Crippen molar-refractivity contribution in [3.63, 3.8) is 0 Å². The van der Waals surface area contributed by atoms with E-state index in [9.17, 15) is 0 Å². The van der Waals surface area contributed by atoms with Crippen molar-refractivity contribution < 1.29 is 0 Å². The van der Waals surface area contributed by atoms with Gasteiger partial charge in [0.1, 0.15) is 0 Å². The van der Waals surface area contributed by atoms with E-state index >= 15 is 0 Å². The zero-order chi connectivity index (χ0) is 27.9. The van der Waals surface area contributed by atoms with Crippen LogP contribution in [0.3, 0.4) is 0 Å². The Balaban J connectivity index is 0.000000469. The highest BCUT2D eigenvalue weighted by molar-refractivity contribution is 5.86. The summed E-state index contributed by atoms with van der Waals surface area (Å²) in [6.07, 6.45) is 2.50. The third kappa shape index (κ3) is 14.1. The summed E-state index contributed by atoms with van der Waals surface area (Å²) in [5.41, 5.74) is 4.02. The smallest absolute Gasteiger partial charge is 0.0155 e. The fourth-order valence-corrected chi connectivity index (χ4v) is 3.31. The predicted octanol–water partition coefficient (Wildman–Crippen LogP) is 12.2. The molecule has 0 saturated heterocycles. The van der Waals surface area contributed by atoms with Crippen LogP contribution in [-0.4, -0.2) is 0 Å². The van der Waals surface area contributed by atoms with Gasteiger partial charge in [-0.25, -0.2) is 0 Å². The second kappa shape index (κ2) is 21.9. The van der Waals surface area contributed by atoms with E-state index in [-0.39, 0.29) is 0 Å². The summed E-state index contributed by atoms with van der Waals surface area (Å²) in [5.74, 6) is 0. The quantitative estimate of drug-likeness (QED) is 0.201. The molecule has 37 heavy (non-hydrogen) atoms. The molecule has 0 atom stereocenters. The predicted molar refractivity (Wildman–Crippen MR) is 172 cm³/mol. The van der Waals surface area contributed by atoms with E-state index in [2.05, 4.69) is 146 Å². The Morgan fingerprint density at radius 3 is 0.973 bits per heavy atom. The minimum Gasteiger partial charge on any atom is -0.0683 e. The largest absolute Gasteiger partial charge is 0.0683 e. The van der Waals surface area contributed by atoms with Crippen LogP contribution in [0.4, 0.5) is 0 Å². The van der Waals surface area contributed by atoms with Gasteiger partial charge in [-0.3, -0.25) is 0 Å². The third-order valence-electron chi connectivity index (χ3n) is 4.96. The van der Waals surface area contributed by atoms with E-state index in [1.165, 1.54) is 51.1 Å². The monoisotopic (exact) mass is 494 g/mol. The van der Waals surface area contributed by atoms with Crippen LogP contribution in [0.2, 0.25) is 0 Å². The molecule has 0 bridgehead atoms. The number of hydrogen-bond acceptors (Lipinski definition) is 0. The fraction of sp³-hybridized carbons (Fsp3) is 0.297. The first-order valence-corrected chi connectivity index (χ1v) is 13.9. The molecule has 0 amide bonds. The van der Waals surface area contributed by atoms with E-state index < -0.39 is 0 Å². The summed E-state index contributed by atoms with van der Waals surface area (Å²) >= 11 is 0. The highest BCUT2D eigenvalue weighted by Crippen LogP contribution is 2.17. The van der Waals surface area contributed by atoms with Crippen molar-refractivity contribution in [3.8, 4) is 0 Å². The first-order chi connectivity index (χ1) is 18.0. The number of rotatable bonds is 0. The van der Waals surface area contributed by atoms with Gasteiger partial charge >= 0.3 is 0 Å². The highest BCUT2D eigenvalue weighted by atomic mass is 14.0. The van der Waals surface area contributed by atoms with Crippen molar-refractivity contribution in [2.24, 2.45) is 0 Å². The van der Waals surface area contributed by atoms with Crippen LogP contribution < -0.4 is 0 Å². The van der Waals surface area contributed by atoms with Gasteiger partial charge in [0.25, 0.3) is 0 Å². The van der Waals surface area contributed by atoms with E-state index in [0.29, 0.717) is 0 Å². The summed E-state index contributed by atoms with van der Waals surface area (Å²) in [5, 5.41) is 5.37. The summed E-state index contributed by atoms with van der Waals surface area (Å²) < 4.78 is 0. The maximum Gasteiger partial charge on any atom is -0.0155 e. The first-order valence-electron chi connectivity index (χ1n) is 13.9. The molecule has 0 saturated carbocycles. The van der Waals surface area contributed by atoms with Crippen LogP contribution in [0, 0.1) is 20.8 Å². The van der Waals surface area contributed by atoms with Crippen molar-refractivity contribution in [2.75, 3.05) is 0 Å². The maximum atomic E-state index is 2.16. The van der Waals surface area contributed by atoms with Crippen molar-refractivity contribution in [2.45, 2.75) is 75.2 Å². The van der Waals surface area contributed by atoms with Gasteiger partial charge in [0.2, 0.25) is 0 Å². The zero-order valence-electron chi connectivity index (χ0n) is 24.9. The minimum atomic E-state index is 1.25. The van der Waals surface area contributed by atoms with Gasteiger partial charge < -0.3 is 0 Å². The molecule has 0 heteroatoms. The van der Waals surface area contributed by atoms with E-state index in [4.69, 9.17) is 0 Å². The molecular formula is C37H50. The lowest BCUT2D eigenvalue weighted by Crippen LogP contribution is -1.75. The Morgan fingerprint density at radius 2 is 0.676 bits per heavy atom. The summed E-state index contributed by atoms with van der Waals surface area (Å²) in [6, 6.07) is 39.9. The molecule has 5 rings (SSSR count). The van der Waals surface area contributed by atoms with Crippen molar-refractivity contribution in [1.82, 2.24) is 0 Å². The number of aryl methyl sites for hydroxylation is 3. The Labute approximate surface area is 228 Å². The van der Waals surface area contributed by atoms with Crippen LogP contribution in [0.5, 0.6) is 0 Å². The molecular weight excluding hydrogens is 444 g/mol. The van der Waals surface area contributed by atoms with Gasteiger partial charge in [-0.1, -0.05) is 175 Å². The standard InChI is InChI=1S/2C11H10.C7H8.2C3H8.C2H6/c2*1-9-5-4-7-10-6-2-3-8-11(9)10;1-7-5-3-2-4-6-7;2*1-3-2;1-2/h2*2-8H,1H3;2-6H,1H3;2*3H2,1-2H3;1-2H3. The molecule has 5 aromatic rings. The maximum absolute atomic E-state index is 2.16. The lowest BCUT2D eigenvalue weighted by Gasteiger charge is -1.98. The van der Waals surface area contributed by atoms with Gasteiger partial charge in [-0.2, -0.15) is 0 Å². The Bertz CT molecular complexity index is 1110. The van der Waals surface area contributed by atoms with Crippen molar-refractivity contribution >= 4 is 21.5 Å². The molecule has 0 heterocycles. The van der Waals surface area contributed by atoms with Gasteiger partial charge in [-0.05, 0) is 53.4 Å². The highest BCUT2D eigenvalue weighted by Gasteiger charge is 1.93. The lowest BCUT2D eigenvalue weighted by molar-refractivity contribution is 1.09. The summed E-state index contributed by atoms with van der Waals surface area (Å²) in [7, 11) is 0. The van der Waals surface area contributed by atoms with Crippen LogP contribution in [0.15, 0.2) is 115 Å². The fourth-order valence-electron chi connectivity index (χ4n) is 3.31. The Kier molecular flexibility index (Phi) is 19.9. The average molecular weight is 495 g/mol. The summed E-state index contributed by atoms with van der Waals surface area (Å²) in [6.45, 7) is 18.9.